The van der Waals surface area contributed by atoms with Gasteiger partial charge in [0, 0.05) is 49.9 Å². The van der Waals surface area contributed by atoms with Crippen molar-refractivity contribution < 1.29 is 4.79 Å². The third-order valence-electron chi connectivity index (χ3n) is 5.51. The van der Waals surface area contributed by atoms with Crippen molar-refractivity contribution in [3.8, 4) is 0 Å². The Bertz CT molecular complexity index is 894. The number of rotatable bonds is 6. The van der Waals surface area contributed by atoms with E-state index in [-0.39, 0.29) is 16.9 Å². The lowest BCUT2D eigenvalue weighted by Crippen LogP contribution is -2.30. The van der Waals surface area contributed by atoms with Gasteiger partial charge in [-0.15, -0.1) is 10.2 Å². The number of carbonyl (C=O) groups is 1. The average Bonchev–Trinajstić information content (AvgIpc) is 3.45. The second-order valence-electron chi connectivity index (χ2n) is 7.69. The fourth-order valence-corrected chi connectivity index (χ4v) is 3.84. The molecule has 27 heavy (non-hydrogen) atoms. The quantitative estimate of drug-likeness (QED) is 0.791. The Morgan fingerprint density at radius 1 is 1.26 bits per heavy atom. The normalized spacial score (nSPS) is 16.6. The van der Waals surface area contributed by atoms with Crippen molar-refractivity contribution in [1.82, 2.24) is 24.6 Å². The summed E-state index contributed by atoms with van der Waals surface area (Å²) >= 11 is 0. The van der Waals surface area contributed by atoms with Crippen molar-refractivity contribution in [3.05, 3.63) is 45.4 Å². The van der Waals surface area contributed by atoms with Crippen LogP contribution in [0.2, 0.25) is 0 Å². The molecule has 1 saturated carbocycles. The molecule has 0 saturated heterocycles. The molecule has 1 aliphatic carbocycles. The number of fused-ring (bicyclic) bond motifs is 1. The molecule has 4 rings (SSSR count). The lowest BCUT2D eigenvalue weighted by molar-refractivity contribution is 0.0951. The van der Waals surface area contributed by atoms with Gasteiger partial charge in [0.2, 0.25) is 0 Å². The maximum atomic E-state index is 12.5. The number of aromatic nitrogens is 4. The third-order valence-corrected chi connectivity index (χ3v) is 5.51. The molecule has 3 heterocycles. The Balaban J connectivity index is 1.33. The molecule has 7 heteroatoms. The van der Waals surface area contributed by atoms with Crippen molar-refractivity contribution in [2.24, 2.45) is 0 Å². The average molecular weight is 369 g/mol. The first-order valence-electron chi connectivity index (χ1n) is 10.1. The summed E-state index contributed by atoms with van der Waals surface area (Å²) in [6.07, 6.45) is 10.1. The van der Waals surface area contributed by atoms with Crippen LogP contribution in [0.5, 0.6) is 0 Å². The summed E-state index contributed by atoms with van der Waals surface area (Å²) in [6.45, 7) is 3.44. The maximum Gasteiger partial charge on any atom is 0.256 e. The van der Waals surface area contributed by atoms with E-state index in [0.717, 1.165) is 56.0 Å². The van der Waals surface area contributed by atoms with E-state index in [2.05, 4.69) is 24.6 Å². The number of nitrogens with zero attached hydrogens (tertiary/aromatic N) is 4. The van der Waals surface area contributed by atoms with E-state index in [4.69, 9.17) is 0 Å². The summed E-state index contributed by atoms with van der Waals surface area (Å²) in [6, 6.07) is 2.01. The van der Waals surface area contributed by atoms with Crippen molar-refractivity contribution in [2.45, 2.75) is 70.9 Å². The zero-order valence-electron chi connectivity index (χ0n) is 15.9. The highest BCUT2D eigenvalue weighted by Gasteiger charge is 2.25. The SMILES string of the molecule is Cc1cc(=O)c(C(=O)NCCCc2nnc3n2CCCCC3)cn1C1CC1. The first-order valence-corrected chi connectivity index (χ1v) is 10.1. The molecule has 1 amide bonds. The van der Waals surface area contributed by atoms with E-state index in [0.29, 0.717) is 12.6 Å². The Hall–Kier alpha value is -2.44. The molecule has 0 unspecified atom stereocenters. The van der Waals surface area contributed by atoms with Gasteiger partial charge in [-0.3, -0.25) is 9.59 Å². The molecule has 0 spiro atoms. The van der Waals surface area contributed by atoms with Gasteiger partial charge in [-0.1, -0.05) is 6.42 Å². The van der Waals surface area contributed by atoms with E-state index in [9.17, 15) is 9.59 Å². The minimum Gasteiger partial charge on any atom is -0.352 e. The fraction of sp³-hybridized carbons (Fsp3) is 0.600. The monoisotopic (exact) mass is 369 g/mol. The van der Waals surface area contributed by atoms with E-state index < -0.39 is 0 Å². The predicted octanol–water partition coefficient (Wildman–Crippen LogP) is 2.17. The molecule has 2 aromatic heterocycles. The zero-order valence-corrected chi connectivity index (χ0v) is 15.9. The van der Waals surface area contributed by atoms with E-state index in [1.807, 2.05) is 6.92 Å². The highest BCUT2D eigenvalue weighted by Crippen LogP contribution is 2.35. The number of hydrogen-bond acceptors (Lipinski definition) is 4. The molecule has 1 fully saturated rings. The number of amides is 1. The van der Waals surface area contributed by atoms with Crippen molar-refractivity contribution >= 4 is 5.91 Å². The van der Waals surface area contributed by atoms with Crippen LogP contribution in [0, 0.1) is 6.92 Å². The van der Waals surface area contributed by atoms with E-state index >= 15 is 0 Å². The smallest absolute Gasteiger partial charge is 0.256 e. The zero-order chi connectivity index (χ0) is 18.8. The fourth-order valence-electron chi connectivity index (χ4n) is 3.84. The Kier molecular flexibility index (Phi) is 5.09. The molecule has 7 nitrogen and oxygen atoms in total. The molecular formula is C20H27N5O2. The molecule has 2 aromatic rings. The lowest BCUT2D eigenvalue weighted by atomic mass is 10.2. The van der Waals surface area contributed by atoms with E-state index in [1.165, 1.54) is 19.3 Å². The van der Waals surface area contributed by atoms with Crippen LogP contribution in [-0.2, 0) is 19.4 Å². The number of pyridine rings is 1. The van der Waals surface area contributed by atoms with Crippen molar-refractivity contribution in [2.75, 3.05) is 6.54 Å². The highest BCUT2D eigenvalue weighted by atomic mass is 16.2. The topological polar surface area (TPSA) is 81.8 Å². The summed E-state index contributed by atoms with van der Waals surface area (Å²) in [7, 11) is 0. The van der Waals surface area contributed by atoms with E-state index in [1.54, 1.807) is 12.3 Å². The molecule has 0 atom stereocenters. The Morgan fingerprint density at radius 3 is 2.93 bits per heavy atom. The lowest BCUT2D eigenvalue weighted by Gasteiger charge is -2.12. The van der Waals surface area contributed by atoms with Crippen LogP contribution in [0.3, 0.4) is 0 Å². The summed E-state index contributed by atoms with van der Waals surface area (Å²) in [5.74, 6) is 1.81. The van der Waals surface area contributed by atoms with Gasteiger partial charge < -0.3 is 14.5 Å². The van der Waals surface area contributed by atoms with Gasteiger partial charge >= 0.3 is 0 Å². The Morgan fingerprint density at radius 2 is 2.11 bits per heavy atom. The minimum atomic E-state index is -0.283. The number of aryl methyl sites for hydroxylation is 3. The first-order chi connectivity index (χ1) is 13.1. The van der Waals surface area contributed by atoms with Gasteiger partial charge in [0.15, 0.2) is 5.43 Å². The van der Waals surface area contributed by atoms with Gasteiger partial charge in [-0.2, -0.15) is 0 Å². The van der Waals surface area contributed by atoms with Gasteiger partial charge in [-0.05, 0) is 39.0 Å². The van der Waals surface area contributed by atoms with Crippen LogP contribution in [-0.4, -0.2) is 31.8 Å². The van der Waals surface area contributed by atoms with Crippen LogP contribution >= 0.6 is 0 Å². The summed E-state index contributed by atoms with van der Waals surface area (Å²) in [5, 5.41) is 11.5. The second kappa shape index (κ2) is 7.66. The van der Waals surface area contributed by atoms with Crippen LogP contribution < -0.4 is 10.7 Å². The number of nitrogens with one attached hydrogen (secondary N) is 1. The van der Waals surface area contributed by atoms with Crippen LogP contribution in [0.25, 0.3) is 0 Å². The van der Waals surface area contributed by atoms with Gasteiger partial charge in [0.05, 0.1) is 0 Å². The Labute approximate surface area is 158 Å². The molecule has 1 aliphatic heterocycles. The molecule has 2 aliphatic rings. The standard InChI is InChI=1S/C20H27N5O2/c1-14-12-17(26)16(13-25(14)15-8-9-15)20(27)21-10-5-7-19-23-22-18-6-3-2-4-11-24(18)19/h12-13,15H,2-11H2,1H3,(H,21,27). The van der Waals surface area contributed by atoms with Crippen LogP contribution in [0.1, 0.15) is 72.3 Å². The molecular weight excluding hydrogens is 342 g/mol. The summed E-state index contributed by atoms with van der Waals surface area (Å²) in [5.41, 5.74) is 0.958. The van der Waals surface area contributed by atoms with Crippen LogP contribution in [0.4, 0.5) is 0 Å². The molecule has 1 N–H and O–H groups in total. The highest BCUT2D eigenvalue weighted by molar-refractivity contribution is 5.93. The molecule has 0 aromatic carbocycles. The first kappa shape index (κ1) is 17.9. The summed E-state index contributed by atoms with van der Waals surface area (Å²) in [4.78, 5) is 24.6. The second-order valence-corrected chi connectivity index (χ2v) is 7.69. The number of hydrogen-bond donors (Lipinski definition) is 1. The van der Waals surface area contributed by atoms with Gasteiger partial charge in [0.1, 0.15) is 17.2 Å². The van der Waals surface area contributed by atoms with Crippen molar-refractivity contribution in [3.63, 3.8) is 0 Å². The predicted molar refractivity (Wildman–Crippen MR) is 102 cm³/mol. The maximum absolute atomic E-state index is 12.5. The molecule has 144 valence electrons. The van der Waals surface area contributed by atoms with Gasteiger partial charge in [-0.25, -0.2) is 0 Å². The third kappa shape index (κ3) is 3.96. The summed E-state index contributed by atoms with van der Waals surface area (Å²) < 4.78 is 4.30. The minimum absolute atomic E-state index is 0.204. The molecule has 0 bridgehead atoms. The largest absolute Gasteiger partial charge is 0.352 e. The van der Waals surface area contributed by atoms with Crippen molar-refractivity contribution in [1.29, 1.82) is 0 Å². The van der Waals surface area contributed by atoms with Gasteiger partial charge in [0.25, 0.3) is 5.91 Å². The van der Waals surface area contributed by atoms with Crippen LogP contribution in [0.15, 0.2) is 17.1 Å². The molecule has 0 radical (unpaired) electrons. The number of carbonyl (C=O) groups excluding carboxylic acids is 1.